The summed E-state index contributed by atoms with van der Waals surface area (Å²) in [5.74, 6) is -0.916. The van der Waals surface area contributed by atoms with Crippen molar-refractivity contribution >= 4 is 34.4 Å². The third-order valence-electron chi connectivity index (χ3n) is 3.60. The van der Waals surface area contributed by atoms with Crippen LogP contribution in [0.15, 0.2) is 47.3 Å². The molecule has 3 rings (SSSR count). The van der Waals surface area contributed by atoms with Gasteiger partial charge >= 0.3 is 11.9 Å². The Balaban J connectivity index is 1.74. The van der Waals surface area contributed by atoms with Crippen LogP contribution in [-0.4, -0.2) is 29.0 Å². The van der Waals surface area contributed by atoms with Gasteiger partial charge in [0.1, 0.15) is 12.4 Å². The van der Waals surface area contributed by atoms with E-state index in [1.807, 2.05) is 0 Å². The zero-order chi connectivity index (χ0) is 18.7. The number of methoxy groups -OCH3 is 1. The van der Waals surface area contributed by atoms with Crippen molar-refractivity contribution in [1.82, 2.24) is 9.97 Å². The minimum Gasteiger partial charge on any atom is -0.465 e. The molecule has 1 heterocycles. The minimum atomic E-state index is -0.616. The van der Waals surface area contributed by atoms with Gasteiger partial charge in [0, 0.05) is 5.02 Å². The maximum atomic E-state index is 12.1. The van der Waals surface area contributed by atoms with E-state index in [2.05, 4.69) is 14.7 Å². The predicted octanol–water partition coefficient (Wildman–Crippen LogP) is 2.72. The van der Waals surface area contributed by atoms with Crippen LogP contribution in [0.25, 0.3) is 10.9 Å². The van der Waals surface area contributed by atoms with Gasteiger partial charge in [-0.2, -0.15) is 0 Å². The fraction of sp³-hybridized carbons (Fsp3) is 0.111. The van der Waals surface area contributed by atoms with Crippen LogP contribution >= 0.6 is 11.6 Å². The number of hydrogen-bond acceptors (Lipinski definition) is 6. The molecule has 132 valence electrons. The SMILES string of the molecule is COC(=O)c1ccc(C(=O)OCc2nc3cc(Cl)ccc3c(=O)[nH]2)cc1. The Hall–Kier alpha value is -3.19. The maximum absolute atomic E-state index is 12.1. The molecule has 0 saturated carbocycles. The molecular weight excluding hydrogens is 360 g/mol. The van der Waals surface area contributed by atoms with Gasteiger partial charge in [0.2, 0.25) is 0 Å². The van der Waals surface area contributed by atoms with Crippen molar-refractivity contribution in [3.63, 3.8) is 0 Å². The molecule has 7 nitrogen and oxygen atoms in total. The van der Waals surface area contributed by atoms with Gasteiger partial charge in [0.05, 0.1) is 29.1 Å². The summed E-state index contributed by atoms with van der Waals surface area (Å²) in [5, 5.41) is 0.840. The van der Waals surface area contributed by atoms with Crippen molar-refractivity contribution < 1.29 is 19.1 Å². The second kappa shape index (κ2) is 7.37. The number of nitrogens with one attached hydrogen (secondary N) is 1. The summed E-state index contributed by atoms with van der Waals surface area (Å²) in [7, 11) is 1.27. The largest absolute Gasteiger partial charge is 0.465 e. The molecular formula is C18H13ClN2O5. The number of rotatable bonds is 4. The number of hydrogen-bond donors (Lipinski definition) is 1. The van der Waals surface area contributed by atoms with Gasteiger partial charge in [-0.15, -0.1) is 0 Å². The number of carbonyl (C=O) groups is 2. The Morgan fingerprint density at radius 1 is 1.08 bits per heavy atom. The summed E-state index contributed by atoms with van der Waals surface area (Å²) >= 11 is 5.91. The highest BCUT2D eigenvalue weighted by molar-refractivity contribution is 6.31. The quantitative estimate of drug-likeness (QED) is 0.707. The molecule has 0 unspecified atom stereocenters. The van der Waals surface area contributed by atoms with Gasteiger partial charge in [0.15, 0.2) is 0 Å². The van der Waals surface area contributed by atoms with Crippen molar-refractivity contribution in [2.75, 3.05) is 7.11 Å². The lowest BCUT2D eigenvalue weighted by Crippen LogP contribution is -2.14. The molecule has 8 heteroatoms. The summed E-state index contributed by atoms with van der Waals surface area (Å²) in [6, 6.07) is 10.5. The molecule has 0 atom stereocenters. The zero-order valence-electron chi connectivity index (χ0n) is 13.6. The molecule has 1 N–H and O–H groups in total. The number of esters is 2. The lowest BCUT2D eigenvalue weighted by molar-refractivity contribution is 0.0461. The first-order valence-electron chi connectivity index (χ1n) is 7.52. The van der Waals surface area contributed by atoms with Crippen molar-refractivity contribution in [1.29, 1.82) is 0 Å². The van der Waals surface area contributed by atoms with Gasteiger partial charge in [-0.25, -0.2) is 14.6 Å². The van der Waals surface area contributed by atoms with Gasteiger partial charge in [-0.05, 0) is 42.5 Å². The first-order valence-corrected chi connectivity index (χ1v) is 7.89. The average Bonchev–Trinajstić information content (AvgIpc) is 2.65. The Morgan fingerprint density at radius 2 is 1.73 bits per heavy atom. The molecule has 1 aromatic heterocycles. The summed E-state index contributed by atoms with van der Waals surface area (Å²) in [5.41, 5.74) is 0.639. The van der Waals surface area contributed by atoms with Gasteiger partial charge in [-0.3, -0.25) is 4.79 Å². The molecule has 0 aliphatic rings. The topological polar surface area (TPSA) is 98.3 Å². The van der Waals surface area contributed by atoms with E-state index in [-0.39, 0.29) is 23.6 Å². The fourth-order valence-electron chi connectivity index (χ4n) is 2.31. The molecule has 0 fully saturated rings. The van der Waals surface area contributed by atoms with E-state index < -0.39 is 11.9 Å². The number of halogens is 1. The van der Waals surface area contributed by atoms with Crippen molar-refractivity contribution in [3.05, 3.63) is 74.8 Å². The third kappa shape index (κ3) is 3.73. The van der Waals surface area contributed by atoms with E-state index >= 15 is 0 Å². The van der Waals surface area contributed by atoms with Gasteiger partial charge < -0.3 is 14.5 Å². The normalized spacial score (nSPS) is 10.5. The smallest absolute Gasteiger partial charge is 0.338 e. The third-order valence-corrected chi connectivity index (χ3v) is 3.83. The van der Waals surface area contributed by atoms with Gasteiger partial charge in [-0.1, -0.05) is 11.6 Å². The second-order valence-corrected chi connectivity index (χ2v) is 5.76. The molecule has 0 bridgehead atoms. The lowest BCUT2D eigenvalue weighted by atomic mass is 10.1. The van der Waals surface area contributed by atoms with E-state index in [0.717, 1.165) is 0 Å². The Kier molecular flexibility index (Phi) is 4.99. The first-order chi connectivity index (χ1) is 12.5. The van der Waals surface area contributed by atoms with E-state index in [9.17, 15) is 14.4 Å². The van der Waals surface area contributed by atoms with Crippen LogP contribution in [-0.2, 0) is 16.1 Å². The number of aromatic amines is 1. The van der Waals surface area contributed by atoms with Crippen LogP contribution in [0.5, 0.6) is 0 Å². The first kappa shape index (κ1) is 17.6. The number of H-pyrrole nitrogens is 1. The van der Waals surface area contributed by atoms with E-state index in [1.54, 1.807) is 18.2 Å². The molecule has 0 amide bonds. The van der Waals surface area contributed by atoms with Crippen molar-refractivity contribution in [2.45, 2.75) is 6.61 Å². The Morgan fingerprint density at radius 3 is 2.38 bits per heavy atom. The Labute approximate surface area is 152 Å². The molecule has 3 aromatic rings. The molecule has 26 heavy (non-hydrogen) atoms. The van der Waals surface area contributed by atoms with Crippen LogP contribution in [0.3, 0.4) is 0 Å². The molecule has 0 aliphatic heterocycles. The van der Waals surface area contributed by atoms with Crippen molar-refractivity contribution in [2.24, 2.45) is 0 Å². The second-order valence-electron chi connectivity index (χ2n) is 5.32. The number of carbonyl (C=O) groups excluding carboxylic acids is 2. The van der Waals surface area contributed by atoms with E-state index in [4.69, 9.17) is 16.3 Å². The predicted molar refractivity (Wildman–Crippen MR) is 94.3 cm³/mol. The number of ether oxygens (including phenoxy) is 2. The van der Waals surface area contributed by atoms with Crippen LogP contribution in [0.1, 0.15) is 26.5 Å². The summed E-state index contributed by atoms with van der Waals surface area (Å²) < 4.78 is 9.74. The highest BCUT2D eigenvalue weighted by atomic mass is 35.5. The number of aromatic nitrogens is 2. The summed E-state index contributed by atoms with van der Waals surface area (Å²) in [6.45, 7) is -0.213. The summed E-state index contributed by atoms with van der Waals surface area (Å²) in [6.07, 6.45) is 0. The number of nitrogens with zero attached hydrogens (tertiary/aromatic N) is 1. The maximum Gasteiger partial charge on any atom is 0.338 e. The van der Waals surface area contributed by atoms with Crippen molar-refractivity contribution in [3.8, 4) is 0 Å². The highest BCUT2D eigenvalue weighted by Crippen LogP contribution is 2.15. The lowest BCUT2D eigenvalue weighted by Gasteiger charge is -2.06. The minimum absolute atomic E-state index is 0.198. The van der Waals surface area contributed by atoms with Crippen LogP contribution in [0, 0.1) is 0 Å². The zero-order valence-corrected chi connectivity index (χ0v) is 14.4. The molecule has 0 spiro atoms. The van der Waals surface area contributed by atoms with Crippen LogP contribution in [0.4, 0.5) is 0 Å². The highest BCUT2D eigenvalue weighted by Gasteiger charge is 2.12. The molecule has 2 aromatic carbocycles. The molecule has 0 radical (unpaired) electrons. The van der Waals surface area contributed by atoms with Gasteiger partial charge in [0.25, 0.3) is 5.56 Å². The van der Waals surface area contributed by atoms with E-state index in [1.165, 1.54) is 31.4 Å². The fourth-order valence-corrected chi connectivity index (χ4v) is 2.47. The van der Waals surface area contributed by atoms with Crippen LogP contribution < -0.4 is 5.56 Å². The molecule has 0 saturated heterocycles. The number of fused-ring (bicyclic) bond motifs is 1. The average molecular weight is 373 g/mol. The molecule has 0 aliphatic carbocycles. The summed E-state index contributed by atoms with van der Waals surface area (Å²) in [4.78, 5) is 42.3. The van der Waals surface area contributed by atoms with Crippen LogP contribution in [0.2, 0.25) is 5.02 Å². The Bertz CT molecular complexity index is 1040. The van der Waals surface area contributed by atoms with E-state index in [0.29, 0.717) is 21.5 Å². The standard InChI is InChI=1S/C18H13ClN2O5/c1-25-17(23)10-2-4-11(5-3-10)18(24)26-9-15-20-14-8-12(19)6-7-13(14)16(22)21-15/h2-8H,9H2,1H3,(H,20,21,22). The monoisotopic (exact) mass is 372 g/mol. The number of benzene rings is 2.